The fourth-order valence-corrected chi connectivity index (χ4v) is 5.21. The number of rotatable bonds is 6. The number of hydrogen-bond donors (Lipinski definition) is 2. The Kier molecular flexibility index (Phi) is 5.33. The molecule has 1 saturated carbocycles. The number of ether oxygens (including phenoxy) is 1. The summed E-state index contributed by atoms with van der Waals surface area (Å²) in [7, 11) is 0. The van der Waals surface area contributed by atoms with Gasteiger partial charge in [0, 0.05) is 28.6 Å². The molecule has 0 radical (unpaired) electrons. The van der Waals surface area contributed by atoms with Crippen LogP contribution in [0.25, 0.3) is 21.7 Å². The monoisotopic (exact) mass is 476 g/mol. The zero-order valence-corrected chi connectivity index (χ0v) is 19.0. The number of carboxylic acids is 1. The van der Waals surface area contributed by atoms with Crippen LogP contribution >= 0.6 is 0 Å². The van der Waals surface area contributed by atoms with E-state index in [2.05, 4.69) is 9.88 Å². The van der Waals surface area contributed by atoms with Crippen LogP contribution in [0.2, 0.25) is 0 Å². The normalized spacial score (nSPS) is 17.6. The number of aromatic nitrogens is 1. The molecule has 4 aromatic rings. The third-order valence-corrected chi connectivity index (χ3v) is 6.96. The summed E-state index contributed by atoms with van der Waals surface area (Å²) in [5, 5.41) is 22.2. The molecular formula is C27H25FN2O5. The summed E-state index contributed by atoms with van der Waals surface area (Å²) in [6.45, 7) is 1.50. The maximum Gasteiger partial charge on any atom is 0.339 e. The topological polar surface area (TPSA) is 96.0 Å². The lowest BCUT2D eigenvalue weighted by Crippen LogP contribution is -2.34. The largest absolute Gasteiger partial charge is 0.507 e. The van der Waals surface area contributed by atoms with E-state index < -0.39 is 17.8 Å². The lowest BCUT2D eigenvalue weighted by Gasteiger charge is -2.36. The van der Waals surface area contributed by atoms with Crippen molar-refractivity contribution in [2.45, 2.75) is 44.2 Å². The van der Waals surface area contributed by atoms with E-state index in [0.29, 0.717) is 16.8 Å². The van der Waals surface area contributed by atoms with Gasteiger partial charge in [0.05, 0.1) is 11.4 Å². The van der Waals surface area contributed by atoms with Gasteiger partial charge in [-0.05, 0) is 56.5 Å². The number of aromatic hydroxyl groups is 1. The van der Waals surface area contributed by atoms with Gasteiger partial charge in [-0.25, -0.2) is 14.2 Å². The summed E-state index contributed by atoms with van der Waals surface area (Å²) < 4.78 is 26.7. The second kappa shape index (κ2) is 8.53. The van der Waals surface area contributed by atoms with Crippen molar-refractivity contribution >= 4 is 27.7 Å². The number of aromatic carboxylic acids is 1. The molecule has 0 bridgehead atoms. The number of phenolic OH excluding ortho intramolecular Hbond substituents is 1. The molecule has 35 heavy (non-hydrogen) atoms. The molecule has 3 heterocycles. The molecule has 2 aromatic carbocycles. The Hall–Kier alpha value is -3.65. The molecule has 8 heteroatoms. The minimum Gasteiger partial charge on any atom is -0.507 e. The first-order valence-electron chi connectivity index (χ1n) is 12.0. The van der Waals surface area contributed by atoms with Gasteiger partial charge in [-0.2, -0.15) is 0 Å². The standard InChI is InChI=1S/C27H25FN2O5/c28-19-6-4-5-17-21(19)25(31)23(22-18(27(32)33)14-34-26(17)22)24(30-11-2-1-3-12-30)15-9-10-29-20(13-15)35-16-7-8-16/h4-6,9-10,13-14,16,24,31H,1-3,7-8,11-12H2,(H,32,33). The van der Waals surface area contributed by atoms with E-state index in [1.54, 1.807) is 12.3 Å². The fraction of sp³-hybridized carbons (Fsp3) is 0.333. The van der Waals surface area contributed by atoms with Crippen molar-refractivity contribution < 1.29 is 28.6 Å². The average Bonchev–Trinajstić information content (AvgIpc) is 3.56. The molecule has 7 nitrogen and oxygen atoms in total. The summed E-state index contributed by atoms with van der Waals surface area (Å²) in [5.41, 5.74) is 1.30. The molecule has 0 spiro atoms. The highest BCUT2D eigenvalue weighted by Crippen LogP contribution is 2.47. The van der Waals surface area contributed by atoms with Crippen LogP contribution in [-0.4, -0.2) is 45.3 Å². The van der Waals surface area contributed by atoms with Gasteiger partial charge in [-0.1, -0.05) is 18.6 Å². The number of fused-ring (bicyclic) bond motifs is 3. The van der Waals surface area contributed by atoms with E-state index in [1.165, 1.54) is 18.4 Å². The van der Waals surface area contributed by atoms with Crippen molar-refractivity contribution in [3.63, 3.8) is 0 Å². The van der Waals surface area contributed by atoms with E-state index in [9.17, 15) is 15.0 Å². The average molecular weight is 477 g/mol. The summed E-state index contributed by atoms with van der Waals surface area (Å²) in [4.78, 5) is 18.8. The number of carbonyl (C=O) groups is 1. The molecule has 180 valence electrons. The van der Waals surface area contributed by atoms with Crippen LogP contribution in [0.3, 0.4) is 0 Å². The SMILES string of the molecule is O=C(O)c1coc2c1c(C(c1ccnc(OC3CC3)c1)N1CCCCC1)c(O)c1c(F)cccc12. The number of phenols is 1. The maximum atomic E-state index is 15.1. The van der Waals surface area contributed by atoms with E-state index in [-0.39, 0.29) is 33.8 Å². The van der Waals surface area contributed by atoms with Gasteiger partial charge in [0.1, 0.15) is 35.1 Å². The molecule has 2 fully saturated rings. The fourth-order valence-electron chi connectivity index (χ4n) is 5.21. The Morgan fingerprint density at radius 2 is 1.97 bits per heavy atom. The summed E-state index contributed by atoms with van der Waals surface area (Å²) in [6, 6.07) is 7.57. The van der Waals surface area contributed by atoms with Crippen molar-refractivity contribution in [3.05, 3.63) is 65.3 Å². The third-order valence-electron chi connectivity index (χ3n) is 6.96. The Morgan fingerprint density at radius 3 is 2.71 bits per heavy atom. The molecule has 1 atom stereocenters. The Morgan fingerprint density at radius 1 is 1.17 bits per heavy atom. The van der Waals surface area contributed by atoms with E-state index in [0.717, 1.165) is 50.8 Å². The van der Waals surface area contributed by atoms with Crippen LogP contribution in [-0.2, 0) is 0 Å². The molecule has 1 aliphatic heterocycles. The number of pyridine rings is 1. The summed E-state index contributed by atoms with van der Waals surface area (Å²) >= 11 is 0. The Labute approximate surface area is 200 Å². The van der Waals surface area contributed by atoms with Crippen LogP contribution in [0.5, 0.6) is 11.6 Å². The lowest BCUT2D eigenvalue weighted by atomic mass is 9.88. The highest BCUT2D eigenvalue weighted by Gasteiger charge is 2.34. The number of piperidine rings is 1. The second-order valence-corrected chi connectivity index (χ2v) is 9.33. The molecule has 2 aromatic heterocycles. The third kappa shape index (κ3) is 3.78. The van der Waals surface area contributed by atoms with Gasteiger partial charge in [-0.15, -0.1) is 0 Å². The minimum atomic E-state index is -1.18. The Bertz CT molecular complexity index is 1440. The first-order chi connectivity index (χ1) is 17.0. The molecule has 2 aliphatic rings. The zero-order chi connectivity index (χ0) is 24.1. The van der Waals surface area contributed by atoms with Crippen molar-refractivity contribution in [2.24, 2.45) is 0 Å². The molecule has 1 saturated heterocycles. The second-order valence-electron chi connectivity index (χ2n) is 9.33. The highest BCUT2D eigenvalue weighted by atomic mass is 19.1. The zero-order valence-electron chi connectivity index (χ0n) is 19.0. The van der Waals surface area contributed by atoms with Crippen molar-refractivity contribution in [1.82, 2.24) is 9.88 Å². The molecule has 6 rings (SSSR count). The number of furan rings is 1. The number of carboxylic acid groups (broad SMARTS) is 1. The van der Waals surface area contributed by atoms with Crippen molar-refractivity contribution in [1.29, 1.82) is 0 Å². The molecular weight excluding hydrogens is 451 g/mol. The first-order valence-corrected chi connectivity index (χ1v) is 12.0. The molecule has 1 unspecified atom stereocenters. The predicted octanol–water partition coefficient (Wildman–Crippen LogP) is 5.64. The Balaban J connectivity index is 1.66. The molecule has 2 N–H and O–H groups in total. The van der Waals surface area contributed by atoms with Gasteiger partial charge < -0.3 is 19.4 Å². The van der Waals surface area contributed by atoms with Crippen molar-refractivity contribution in [2.75, 3.05) is 13.1 Å². The van der Waals surface area contributed by atoms with Crippen LogP contribution in [0.15, 0.2) is 47.2 Å². The van der Waals surface area contributed by atoms with Crippen LogP contribution in [0.4, 0.5) is 4.39 Å². The van der Waals surface area contributed by atoms with E-state index >= 15 is 4.39 Å². The minimum absolute atomic E-state index is 0.0202. The summed E-state index contributed by atoms with van der Waals surface area (Å²) in [6.07, 6.45) is 8.00. The maximum absolute atomic E-state index is 15.1. The number of benzene rings is 2. The lowest BCUT2D eigenvalue weighted by molar-refractivity contribution is 0.0698. The number of halogens is 1. The van der Waals surface area contributed by atoms with E-state index in [4.69, 9.17) is 9.15 Å². The van der Waals surface area contributed by atoms with Crippen LogP contribution < -0.4 is 4.74 Å². The quantitative estimate of drug-likeness (QED) is 0.372. The number of nitrogens with zero attached hydrogens (tertiary/aromatic N) is 2. The molecule has 0 amide bonds. The van der Waals surface area contributed by atoms with Gasteiger partial charge >= 0.3 is 5.97 Å². The highest BCUT2D eigenvalue weighted by molar-refractivity contribution is 6.15. The predicted molar refractivity (Wildman–Crippen MR) is 127 cm³/mol. The van der Waals surface area contributed by atoms with Gasteiger partial charge in [0.25, 0.3) is 0 Å². The number of likely N-dealkylation sites (tertiary alicyclic amines) is 1. The van der Waals surface area contributed by atoms with Gasteiger partial charge in [0.2, 0.25) is 5.88 Å². The van der Waals surface area contributed by atoms with Crippen molar-refractivity contribution in [3.8, 4) is 11.6 Å². The van der Waals surface area contributed by atoms with Gasteiger partial charge in [0.15, 0.2) is 0 Å². The van der Waals surface area contributed by atoms with Crippen LogP contribution in [0.1, 0.15) is 59.6 Å². The first kappa shape index (κ1) is 21.9. The van der Waals surface area contributed by atoms with E-state index in [1.807, 2.05) is 12.1 Å². The molecule has 1 aliphatic carbocycles. The van der Waals surface area contributed by atoms with Gasteiger partial charge in [-0.3, -0.25) is 4.90 Å². The smallest absolute Gasteiger partial charge is 0.339 e. The van der Waals surface area contributed by atoms with Crippen LogP contribution in [0, 0.1) is 5.82 Å². The summed E-state index contributed by atoms with van der Waals surface area (Å²) in [5.74, 6) is -1.56. The number of hydrogen-bond acceptors (Lipinski definition) is 6.